The highest BCUT2D eigenvalue weighted by Gasteiger charge is 2.34. The summed E-state index contributed by atoms with van der Waals surface area (Å²) in [6, 6.07) is 3.59. The second-order valence-electron chi connectivity index (χ2n) is 8.00. The summed E-state index contributed by atoms with van der Waals surface area (Å²) in [5.74, 6) is 0.260. The number of halogens is 1. The van der Waals surface area contributed by atoms with E-state index in [-0.39, 0.29) is 15.8 Å². The zero-order valence-corrected chi connectivity index (χ0v) is 18.3. The van der Waals surface area contributed by atoms with Crippen molar-refractivity contribution in [1.29, 1.82) is 0 Å². The van der Waals surface area contributed by atoms with Crippen LogP contribution in [0.1, 0.15) is 39.0 Å². The van der Waals surface area contributed by atoms with Gasteiger partial charge in [0.1, 0.15) is 17.3 Å². The van der Waals surface area contributed by atoms with Crippen molar-refractivity contribution in [2.75, 3.05) is 44.2 Å². The molecule has 0 spiro atoms. The molecule has 1 aromatic carbocycles. The Labute approximate surface area is 177 Å². The predicted octanol–water partition coefficient (Wildman–Crippen LogP) is 2.72. The van der Waals surface area contributed by atoms with Crippen LogP contribution >= 0.6 is 11.6 Å². The molecular weight excluding hydrogens is 414 g/mol. The van der Waals surface area contributed by atoms with Crippen LogP contribution in [0.3, 0.4) is 0 Å². The van der Waals surface area contributed by atoms with Gasteiger partial charge in [-0.05, 0) is 18.9 Å². The van der Waals surface area contributed by atoms with Crippen molar-refractivity contribution >= 4 is 33.2 Å². The van der Waals surface area contributed by atoms with E-state index in [1.165, 1.54) is 55.5 Å². The lowest BCUT2D eigenvalue weighted by molar-refractivity contribution is -0.116. The number of benzene rings is 1. The molecular formula is C20H28ClN3O4S. The van der Waals surface area contributed by atoms with Crippen LogP contribution in [0.15, 0.2) is 17.0 Å². The molecule has 29 heavy (non-hydrogen) atoms. The fourth-order valence-electron chi connectivity index (χ4n) is 4.64. The Kier molecular flexibility index (Phi) is 6.06. The van der Waals surface area contributed by atoms with Crippen molar-refractivity contribution in [3.8, 4) is 5.75 Å². The molecule has 9 heteroatoms. The normalized spacial score (nSPS) is 22.2. The lowest BCUT2D eigenvalue weighted by atomic mass is 9.94. The van der Waals surface area contributed by atoms with Crippen molar-refractivity contribution in [3.05, 3.63) is 17.2 Å². The molecule has 1 saturated carbocycles. The first-order valence-electron chi connectivity index (χ1n) is 10.4. The number of hydrogen-bond donors (Lipinski definition) is 0. The molecule has 0 radical (unpaired) electrons. The monoisotopic (exact) mass is 441 g/mol. The molecule has 0 bridgehead atoms. The maximum absolute atomic E-state index is 13.3. The third kappa shape index (κ3) is 4.13. The van der Waals surface area contributed by atoms with Crippen molar-refractivity contribution in [1.82, 2.24) is 9.21 Å². The van der Waals surface area contributed by atoms with E-state index in [1.54, 1.807) is 4.90 Å². The predicted molar refractivity (Wildman–Crippen MR) is 112 cm³/mol. The highest BCUT2D eigenvalue weighted by atomic mass is 35.5. The van der Waals surface area contributed by atoms with Gasteiger partial charge in [-0.3, -0.25) is 9.69 Å². The number of carbonyl (C=O) groups is 1. The molecule has 2 fully saturated rings. The van der Waals surface area contributed by atoms with Crippen molar-refractivity contribution < 1.29 is 17.9 Å². The molecule has 0 N–H and O–H groups in total. The maximum atomic E-state index is 13.3. The van der Waals surface area contributed by atoms with Gasteiger partial charge in [-0.1, -0.05) is 30.9 Å². The highest BCUT2D eigenvalue weighted by molar-refractivity contribution is 7.89. The van der Waals surface area contributed by atoms with E-state index in [2.05, 4.69) is 4.90 Å². The van der Waals surface area contributed by atoms with Gasteiger partial charge in [0.25, 0.3) is 0 Å². The molecule has 0 atom stereocenters. The SMILES string of the molecule is CC(=O)N1CCOc2cc(S(=O)(=O)N3CCN(C4CCCCC4)CC3)c(Cl)cc21. The Morgan fingerprint density at radius 2 is 1.76 bits per heavy atom. The van der Waals surface area contributed by atoms with Crippen LogP contribution in [0.2, 0.25) is 5.02 Å². The summed E-state index contributed by atoms with van der Waals surface area (Å²) in [5, 5.41) is 0.121. The number of amides is 1. The van der Waals surface area contributed by atoms with Crippen LogP contribution < -0.4 is 9.64 Å². The molecule has 0 unspecified atom stereocenters. The number of carbonyl (C=O) groups excluding carboxylic acids is 1. The lowest BCUT2D eigenvalue weighted by Gasteiger charge is -2.40. The first-order valence-corrected chi connectivity index (χ1v) is 12.2. The minimum absolute atomic E-state index is 0.0504. The quantitative estimate of drug-likeness (QED) is 0.721. The molecule has 0 aromatic heterocycles. The summed E-state index contributed by atoms with van der Waals surface area (Å²) in [6.07, 6.45) is 6.28. The molecule has 1 saturated heterocycles. The third-order valence-electron chi connectivity index (χ3n) is 6.24. The fourth-order valence-corrected chi connectivity index (χ4v) is 6.57. The van der Waals surface area contributed by atoms with Crippen molar-refractivity contribution in [3.63, 3.8) is 0 Å². The number of sulfonamides is 1. The summed E-state index contributed by atoms with van der Waals surface area (Å²) in [5.41, 5.74) is 0.523. The summed E-state index contributed by atoms with van der Waals surface area (Å²) >= 11 is 6.38. The Bertz CT molecular complexity index is 878. The van der Waals surface area contributed by atoms with Gasteiger partial charge in [0.05, 0.1) is 17.3 Å². The van der Waals surface area contributed by atoms with E-state index in [0.717, 1.165) is 13.1 Å². The smallest absolute Gasteiger partial charge is 0.244 e. The average Bonchev–Trinajstić information content (AvgIpc) is 2.73. The van der Waals surface area contributed by atoms with Gasteiger partial charge in [0.15, 0.2) is 0 Å². The molecule has 2 heterocycles. The van der Waals surface area contributed by atoms with Gasteiger partial charge in [-0.15, -0.1) is 0 Å². The minimum Gasteiger partial charge on any atom is -0.489 e. The first kappa shape index (κ1) is 20.9. The Morgan fingerprint density at radius 1 is 1.07 bits per heavy atom. The zero-order chi connectivity index (χ0) is 20.6. The van der Waals surface area contributed by atoms with E-state index in [9.17, 15) is 13.2 Å². The highest BCUT2D eigenvalue weighted by Crippen LogP contribution is 2.39. The summed E-state index contributed by atoms with van der Waals surface area (Å²) < 4.78 is 33.7. The number of ether oxygens (including phenoxy) is 1. The number of piperazine rings is 1. The van der Waals surface area contributed by atoms with Crippen molar-refractivity contribution in [2.45, 2.75) is 50.0 Å². The largest absolute Gasteiger partial charge is 0.489 e. The van der Waals surface area contributed by atoms with Crippen molar-refractivity contribution in [2.24, 2.45) is 0 Å². The maximum Gasteiger partial charge on any atom is 0.244 e. The Morgan fingerprint density at radius 3 is 2.41 bits per heavy atom. The average molecular weight is 442 g/mol. The van der Waals surface area contributed by atoms with Crippen LogP contribution in [0.5, 0.6) is 5.75 Å². The fraction of sp³-hybridized carbons (Fsp3) is 0.650. The molecule has 4 rings (SSSR count). The summed E-state index contributed by atoms with van der Waals surface area (Å²) in [6.45, 7) is 4.66. The zero-order valence-electron chi connectivity index (χ0n) is 16.8. The molecule has 160 valence electrons. The molecule has 1 aromatic rings. The van der Waals surface area contributed by atoms with Gasteiger partial charge in [-0.25, -0.2) is 8.42 Å². The minimum atomic E-state index is -3.73. The topological polar surface area (TPSA) is 70.2 Å². The summed E-state index contributed by atoms with van der Waals surface area (Å²) in [4.78, 5) is 15.9. The molecule has 1 amide bonds. The number of rotatable bonds is 3. The molecule has 3 aliphatic rings. The van der Waals surface area contributed by atoms with Crippen LogP contribution in [0.25, 0.3) is 0 Å². The molecule has 1 aliphatic carbocycles. The number of hydrogen-bond acceptors (Lipinski definition) is 5. The van der Waals surface area contributed by atoms with Gasteiger partial charge < -0.3 is 9.64 Å². The molecule has 7 nitrogen and oxygen atoms in total. The second-order valence-corrected chi connectivity index (χ2v) is 10.3. The lowest BCUT2D eigenvalue weighted by Crippen LogP contribution is -2.52. The van der Waals surface area contributed by atoms with Gasteiger partial charge in [0, 0.05) is 45.2 Å². The van der Waals surface area contributed by atoms with Gasteiger partial charge in [0.2, 0.25) is 15.9 Å². The van der Waals surface area contributed by atoms with Crippen LogP contribution in [0, 0.1) is 0 Å². The van der Waals surface area contributed by atoms with E-state index in [1.807, 2.05) is 0 Å². The van der Waals surface area contributed by atoms with E-state index >= 15 is 0 Å². The second kappa shape index (κ2) is 8.41. The molecule has 2 aliphatic heterocycles. The third-order valence-corrected chi connectivity index (χ3v) is 8.60. The summed E-state index contributed by atoms with van der Waals surface area (Å²) in [7, 11) is -3.73. The van der Waals surface area contributed by atoms with Crippen LogP contribution in [0.4, 0.5) is 5.69 Å². The van der Waals surface area contributed by atoms with Crippen LogP contribution in [-0.2, 0) is 14.8 Å². The van der Waals surface area contributed by atoms with Gasteiger partial charge in [-0.2, -0.15) is 4.31 Å². The number of fused-ring (bicyclic) bond motifs is 1. The van der Waals surface area contributed by atoms with E-state index < -0.39 is 10.0 Å². The standard InChI is InChI=1S/C20H28ClN3O4S/c1-15(25)24-11-12-28-19-14-20(17(21)13-18(19)24)29(26,27)23-9-7-22(8-10-23)16-5-3-2-4-6-16/h13-14,16H,2-12H2,1H3. The van der Waals surface area contributed by atoms with Crippen LogP contribution in [-0.4, -0.2) is 68.9 Å². The van der Waals surface area contributed by atoms with E-state index in [0.29, 0.717) is 43.7 Å². The van der Waals surface area contributed by atoms with E-state index in [4.69, 9.17) is 16.3 Å². The van der Waals surface area contributed by atoms with Gasteiger partial charge >= 0.3 is 0 Å². The number of anilines is 1. The first-order chi connectivity index (χ1) is 13.9. The number of nitrogens with zero attached hydrogens (tertiary/aromatic N) is 3. The Hall–Kier alpha value is -1.35. The Balaban J connectivity index is 1.53.